The molecule has 0 amide bonds. The van der Waals surface area contributed by atoms with E-state index < -0.39 is 120 Å². The number of hydrogen-bond acceptors (Lipinski definition) is 18. The molecule has 2 aliphatic rings. The highest BCUT2D eigenvalue weighted by Crippen LogP contribution is 2.60. The monoisotopic (exact) mass is 1050 g/mol. The number of cyclic esters (lactones) is 1. The number of phosphoric acid groups is 2. The van der Waals surface area contributed by atoms with Crippen LogP contribution in [0, 0.1) is 17.8 Å². The highest BCUT2D eigenvalue weighted by atomic mass is 31.3. The van der Waals surface area contributed by atoms with E-state index in [0.29, 0.717) is 44.9 Å². The first-order valence-corrected chi connectivity index (χ1v) is 28.8. The number of aliphatic hydroxyl groups is 5. The summed E-state index contributed by atoms with van der Waals surface area (Å²) in [6.07, 6.45) is 6.88. The van der Waals surface area contributed by atoms with Crippen LogP contribution in [-0.2, 0) is 46.3 Å². The fourth-order valence-corrected chi connectivity index (χ4v) is 10.9. The van der Waals surface area contributed by atoms with Gasteiger partial charge in [-0.15, -0.1) is 0 Å². The first-order valence-electron chi connectivity index (χ1n) is 25.8. The zero-order chi connectivity index (χ0) is 52.4. The van der Waals surface area contributed by atoms with E-state index in [9.17, 15) is 58.8 Å². The van der Waals surface area contributed by atoms with Gasteiger partial charge in [0.15, 0.2) is 6.10 Å². The van der Waals surface area contributed by atoms with Gasteiger partial charge in [-0.25, -0.2) is 13.9 Å². The van der Waals surface area contributed by atoms with E-state index in [0.717, 1.165) is 49.0 Å². The van der Waals surface area contributed by atoms with Gasteiger partial charge in [-0.1, -0.05) is 136 Å². The molecule has 0 radical (unpaired) electrons. The lowest BCUT2D eigenvalue weighted by Gasteiger charge is -2.41. The summed E-state index contributed by atoms with van der Waals surface area (Å²) in [4.78, 5) is 64.1. The number of ether oxygens (including phenoxy) is 3. The third-order valence-electron chi connectivity index (χ3n) is 12.9. The van der Waals surface area contributed by atoms with E-state index in [1.165, 1.54) is 62.9 Å². The SMILES string of the molecule is CCCCC[C@H](O)/C=C\[C@@H]1[C@H](O)[C@H](O)[C@H]2COP(=O)(O)OP(=O)(O)OC[C@@H](COC(=O)CCCCCCCCCCCCC(C)C)OC(=O)CCCCCC[C@H]([C@H](n3ccc(N)nc3=O)O2)[C@@H](O)C[C@H]1O. The summed E-state index contributed by atoms with van der Waals surface area (Å²) in [6, 6.07) is 1.26. The Morgan fingerprint density at radius 1 is 0.859 bits per heavy atom. The van der Waals surface area contributed by atoms with Gasteiger partial charge in [0.25, 0.3) is 0 Å². The summed E-state index contributed by atoms with van der Waals surface area (Å²) in [5.74, 6) is -3.22. The molecule has 9 N–H and O–H groups in total. The van der Waals surface area contributed by atoms with Crippen molar-refractivity contribution in [2.24, 2.45) is 17.8 Å². The van der Waals surface area contributed by atoms with Crippen LogP contribution in [0.1, 0.15) is 175 Å². The minimum absolute atomic E-state index is 0.0902. The molecule has 1 aromatic heterocycles. The Hall–Kier alpha value is -2.62. The molecule has 0 saturated carbocycles. The molecule has 21 nitrogen and oxygen atoms in total. The second-order valence-electron chi connectivity index (χ2n) is 19.5. The number of carbonyl (C=O) groups excluding carboxylic acids is 2. The van der Waals surface area contributed by atoms with E-state index in [4.69, 9.17) is 29.0 Å². The second kappa shape index (κ2) is 33.3. The van der Waals surface area contributed by atoms with Crippen LogP contribution in [0.3, 0.4) is 0 Å². The molecular formula is C48H85N3O18P2. The van der Waals surface area contributed by atoms with Crippen LogP contribution in [0.5, 0.6) is 0 Å². The molecule has 2 bridgehead atoms. The third-order valence-corrected chi connectivity index (χ3v) is 15.5. The maximum absolute atomic E-state index is 13.3. The second-order valence-corrected chi connectivity index (χ2v) is 22.5. The van der Waals surface area contributed by atoms with Gasteiger partial charge in [0.05, 0.1) is 37.6 Å². The highest BCUT2D eigenvalue weighted by Gasteiger charge is 2.45. The number of rotatable bonds is 22. The normalized spacial score (nSPS) is 30.7. The van der Waals surface area contributed by atoms with Crippen molar-refractivity contribution in [1.29, 1.82) is 0 Å². The lowest BCUT2D eigenvalue weighted by Crippen LogP contribution is -2.52. The average Bonchev–Trinajstić information content (AvgIpc) is 3.29. The number of nitrogens with zero attached hydrogens (tertiary/aromatic N) is 2. The smallest absolute Gasteiger partial charge is 0.462 e. The Morgan fingerprint density at radius 3 is 2.13 bits per heavy atom. The molecule has 1 aromatic rings. The topological polar surface area (TPSA) is 326 Å². The van der Waals surface area contributed by atoms with E-state index in [-0.39, 0.29) is 25.1 Å². The lowest BCUT2D eigenvalue weighted by molar-refractivity contribution is -0.195. The molecule has 410 valence electrons. The van der Waals surface area contributed by atoms with Gasteiger partial charge in [-0.3, -0.25) is 23.2 Å². The van der Waals surface area contributed by atoms with Crippen LogP contribution >= 0.6 is 15.6 Å². The number of phosphoric ester groups is 2. The third kappa shape index (κ3) is 25.0. The van der Waals surface area contributed by atoms with Crippen molar-refractivity contribution in [3.8, 4) is 0 Å². The van der Waals surface area contributed by atoms with Crippen LogP contribution in [0.4, 0.5) is 5.82 Å². The van der Waals surface area contributed by atoms with Crippen LogP contribution in [0.15, 0.2) is 29.2 Å². The maximum Gasteiger partial charge on any atom is 0.481 e. The Kier molecular flexibility index (Phi) is 29.4. The minimum Gasteiger partial charge on any atom is -0.462 e. The molecule has 0 spiro atoms. The molecule has 2 saturated heterocycles. The van der Waals surface area contributed by atoms with Crippen LogP contribution in [0.2, 0.25) is 0 Å². The molecule has 3 rings (SSSR count). The van der Waals surface area contributed by atoms with Gasteiger partial charge < -0.3 is 55.3 Å². The zero-order valence-corrected chi connectivity index (χ0v) is 43.8. The molecular weight excluding hydrogens is 968 g/mol. The first kappa shape index (κ1) is 62.7. The summed E-state index contributed by atoms with van der Waals surface area (Å²) in [5.41, 5.74) is 4.81. The predicted molar refractivity (Wildman–Crippen MR) is 263 cm³/mol. The number of nitrogen functional groups attached to an aromatic ring is 1. The molecule has 2 fully saturated rings. The standard InChI is InChI=1S/C48H85N3O18P2/c1-4-5-16-22-35(52)26-27-37-39(53)30-40(54)38-23-18-14-15-20-25-44(56)67-36(31-64-43(55)24-19-13-11-9-7-6-8-10-12-17-21-34(2)3)32-65-70(60,61)69-71(62,63)66-33-41(46(58)45(37)57)68-47(38)51-29-28-42(49)50-48(51)59/h26-29,34-41,45-47,52-54,57-58H,4-25,30-33H2,1-3H3,(H,60,61)(H,62,63)(H2,49,50,59)/b27-26-/t35-,36+,37-,38-,39+,40-,41+,45-,46+,47+/m0/s1. The van der Waals surface area contributed by atoms with E-state index >= 15 is 0 Å². The molecule has 12 atom stereocenters. The molecule has 2 unspecified atom stereocenters. The Bertz CT molecular complexity index is 1870. The minimum atomic E-state index is -5.69. The van der Waals surface area contributed by atoms with Gasteiger partial charge >= 0.3 is 33.3 Å². The van der Waals surface area contributed by atoms with Crippen molar-refractivity contribution in [3.63, 3.8) is 0 Å². The molecule has 3 heterocycles. The summed E-state index contributed by atoms with van der Waals surface area (Å²) >= 11 is 0. The van der Waals surface area contributed by atoms with Crippen LogP contribution in [0.25, 0.3) is 0 Å². The summed E-state index contributed by atoms with van der Waals surface area (Å²) in [5, 5.41) is 57.5. The quantitative estimate of drug-likeness (QED) is 0.0260. The van der Waals surface area contributed by atoms with Crippen molar-refractivity contribution in [1.82, 2.24) is 9.55 Å². The molecule has 23 heteroatoms. The summed E-state index contributed by atoms with van der Waals surface area (Å²) < 4.78 is 59.1. The van der Waals surface area contributed by atoms with Crippen LogP contribution < -0.4 is 11.4 Å². The highest BCUT2D eigenvalue weighted by molar-refractivity contribution is 7.61. The fraction of sp³-hybridized carbons (Fsp3) is 0.833. The molecule has 2 aliphatic heterocycles. The number of esters is 2. The first-order chi connectivity index (χ1) is 33.7. The van der Waals surface area contributed by atoms with Crippen molar-refractivity contribution < 1.29 is 81.6 Å². The molecule has 0 aromatic carbocycles. The molecule has 71 heavy (non-hydrogen) atoms. The van der Waals surface area contributed by atoms with Crippen molar-refractivity contribution in [2.45, 2.75) is 217 Å². The maximum atomic E-state index is 13.3. The van der Waals surface area contributed by atoms with E-state index in [1.807, 2.05) is 6.92 Å². The van der Waals surface area contributed by atoms with Crippen molar-refractivity contribution >= 4 is 33.4 Å². The number of anilines is 1. The number of aliphatic hydroxyl groups excluding tert-OH is 5. The predicted octanol–water partition coefficient (Wildman–Crippen LogP) is 6.68. The lowest BCUT2D eigenvalue weighted by atomic mass is 9.82. The van der Waals surface area contributed by atoms with Crippen molar-refractivity contribution in [2.75, 3.05) is 25.6 Å². The summed E-state index contributed by atoms with van der Waals surface area (Å²) in [7, 11) is -11.3. The number of aromatic nitrogens is 2. The Morgan fingerprint density at radius 2 is 1.48 bits per heavy atom. The average molecular weight is 1050 g/mol. The Balaban J connectivity index is 1.80. The summed E-state index contributed by atoms with van der Waals surface area (Å²) in [6.45, 7) is 3.83. The van der Waals surface area contributed by atoms with Crippen molar-refractivity contribution in [3.05, 3.63) is 34.9 Å². The molecule has 0 aliphatic carbocycles. The van der Waals surface area contributed by atoms with Gasteiger partial charge in [0.2, 0.25) is 0 Å². The number of fused-ring (bicyclic) bond motifs is 3. The number of carbonyl (C=O) groups is 2. The largest absolute Gasteiger partial charge is 0.481 e. The van der Waals surface area contributed by atoms with Gasteiger partial charge in [-0.05, 0) is 37.7 Å². The van der Waals surface area contributed by atoms with Gasteiger partial charge in [0, 0.05) is 37.3 Å². The number of nitrogens with two attached hydrogens (primary N) is 1. The van der Waals surface area contributed by atoms with Gasteiger partial charge in [-0.2, -0.15) is 9.29 Å². The Labute approximate surface area is 419 Å². The van der Waals surface area contributed by atoms with E-state index in [2.05, 4.69) is 23.1 Å². The fourth-order valence-electron chi connectivity index (χ4n) is 8.75. The number of hydrogen-bond donors (Lipinski definition) is 8. The zero-order valence-electron chi connectivity index (χ0n) is 42.0. The van der Waals surface area contributed by atoms with Gasteiger partial charge in [0.1, 0.15) is 30.9 Å². The number of unbranched alkanes of at least 4 members (excludes halogenated alkanes) is 11. The van der Waals surface area contributed by atoms with E-state index in [1.54, 1.807) is 0 Å². The van der Waals surface area contributed by atoms with Crippen LogP contribution in [-0.4, -0.2) is 119 Å².